The van der Waals surface area contributed by atoms with Crippen molar-refractivity contribution in [2.24, 2.45) is 0 Å². The fourth-order valence-electron chi connectivity index (χ4n) is 3.70. The number of nitrogens with one attached hydrogen (secondary N) is 1. The first kappa shape index (κ1) is 24.8. The van der Waals surface area contributed by atoms with Crippen LogP contribution >= 0.6 is 11.8 Å². The number of rotatable bonds is 11. The van der Waals surface area contributed by atoms with Crippen molar-refractivity contribution in [2.75, 3.05) is 62.8 Å². The average molecular weight is 472 g/mol. The van der Waals surface area contributed by atoms with E-state index in [2.05, 4.69) is 16.3 Å². The number of nitrogens with zero attached hydrogens (tertiary/aromatic N) is 2. The zero-order valence-electron chi connectivity index (χ0n) is 19.4. The van der Waals surface area contributed by atoms with Gasteiger partial charge in [0.05, 0.1) is 30.9 Å². The molecule has 1 aliphatic rings. The summed E-state index contributed by atoms with van der Waals surface area (Å²) < 4.78 is 10.9. The monoisotopic (exact) mass is 471 g/mol. The summed E-state index contributed by atoms with van der Waals surface area (Å²) in [6.45, 7) is 6.07. The minimum absolute atomic E-state index is 0.0429. The number of amides is 2. The van der Waals surface area contributed by atoms with Crippen molar-refractivity contribution in [3.8, 4) is 11.5 Å². The van der Waals surface area contributed by atoms with E-state index in [9.17, 15) is 9.59 Å². The largest absolute Gasteiger partial charge is 0.497 e. The summed E-state index contributed by atoms with van der Waals surface area (Å²) in [5, 5.41) is 2.92. The number of methoxy groups -OCH3 is 1. The highest BCUT2D eigenvalue weighted by Gasteiger charge is 2.23. The van der Waals surface area contributed by atoms with Gasteiger partial charge >= 0.3 is 0 Å². The van der Waals surface area contributed by atoms with Gasteiger partial charge in [-0.3, -0.25) is 9.59 Å². The first-order valence-corrected chi connectivity index (χ1v) is 12.5. The third-order valence-electron chi connectivity index (χ3n) is 5.49. The second-order valence-electron chi connectivity index (χ2n) is 7.71. The first-order valence-electron chi connectivity index (χ1n) is 11.3. The highest BCUT2D eigenvalue weighted by Crippen LogP contribution is 2.28. The van der Waals surface area contributed by atoms with Crippen LogP contribution in [0.2, 0.25) is 0 Å². The van der Waals surface area contributed by atoms with Crippen LogP contribution in [-0.4, -0.2) is 74.7 Å². The average Bonchev–Trinajstić information content (AvgIpc) is 2.85. The molecule has 0 atom stereocenters. The molecule has 2 aromatic rings. The molecule has 0 aliphatic carbocycles. The molecule has 0 radical (unpaired) electrons. The number of thioether (sulfide) groups is 1. The van der Waals surface area contributed by atoms with Gasteiger partial charge in [-0.2, -0.15) is 0 Å². The Bertz CT molecular complexity index is 899. The summed E-state index contributed by atoms with van der Waals surface area (Å²) >= 11 is 1.37. The summed E-state index contributed by atoms with van der Waals surface area (Å²) in [6, 6.07) is 15.8. The van der Waals surface area contributed by atoms with Crippen LogP contribution in [0, 0.1) is 0 Å². The summed E-state index contributed by atoms with van der Waals surface area (Å²) in [7, 11) is 1.64. The number of ether oxygens (including phenoxy) is 2. The molecule has 0 aromatic heterocycles. The smallest absolute Gasteiger partial charge is 0.232 e. The number of anilines is 1. The molecule has 8 heteroatoms. The number of hydrogen-bond donors (Lipinski definition) is 1. The van der Waals surface area contributed by atoms with Gasteiger partial charge in [0.1, 0.15) is 11.5 Å². The minimum atomic E-state index is -0.0429. The lowest BCUT2D eigenvalue weighted by Crippen LogP contribution is -2.49. The van der Waals surface area contributed by atoms with E-state index in [4.69, 9.17) is 9.47 Å². The van der Waals surface area contributed by atoms with Gasteiger partial charge in [0, 0.05) is 32.7 Å². The molecule has 0 saturated carbocycles. The molecule has 0 unspecified atom stereocenters. The Morgan fingerprint density at radius 3 is 2.42 bits per heavy atom. The third-order valence-corrected chi connectivity index (χ3v) is 6.41. The van der Waals surface area contributed by atoms with Crippen molar-refractivity contribution in [1.29, 1.82) is 0 Å². The van der Waals surface area contributed by atoms with Gasteiger partial charge in [-0.1, -0.05) is 24.3 Å². The van der Waals surface area contributed by atoms with Crippen LogP contribution in [0.5, 0.6) is 11.5 Å². The van der Waals surface area contributed by atoms with E-state index in [0.29, 0.717) is 32.0 Å². The van der Waals surface area contributed by atoms with Crippen LogP contribution in [0.15, 0.2) is 48.5 Å². The van der Waals surface area contributed by atoms with Crippen molar-refractivity contribution < 1.29 is 19.1 Å². The molecule has 2 amide bonds. The second kappa shape index (κ2) is 13.0. The molecular formula is C25H33N3O4S. The topological polar surface area (TPSA) is 71.1 Å². The first-order chi connectivity index (χ1) is 16.1. The third kappa shape index (κ3) is 7.60. The standard InChI is InChI=1S/C25H33N3O4S/c1-3-32-23-7-5-4-6-22(23)27-14-16-28(17-15-27)25(30)19-33-18-24(29)26-13-12-20-8-10-21(31-2)11-9-20/h4-11H,3,12-19H2,1-2H3,(H,26,29). The number of para-hydroxylation sites is 2. The molecule has 7 nitrogen and oxygen atoms in total. The van der Waals surface area contributed by atoms with Gasteiger partial charge in [-0.15, -0.1) is 11.8 Å². The van der Waals surface area contributed by atoms with Crippen molar-refractivity contribution in [1.82, 2.24) is 10.2 Å². The predicted molar refractivity (Wildman–Crippen MR) is 133 cm³/mol. The maximum Gasteiger partial charge on any atom is 0.232 e. The number of benzene rings is 2. The van der Waals surface area contributed by atoms with Gasteiger partial charge in [0.2, 0.25) is 11.8 Å². The molecule has 0 bridgehead atoms. The fourth-order valence-corrected chi connectivity index (χ4v) is 4.45. The van der Waals surface area contributed by atoms with E-state index in [-0.39, 0.29) is 17.6 Å². The molecule has 1 fully saturated rings. The van der Waals surface area contributed by atoms with Gasteiger partial charge in [-0.25, -0.2) is 0 Å². The lowest BCUT2D eigenvalue weighted by molar-refractivity contribution is -0.128. The zero-order chi connectivity index (χ0) is 23.5. The van der Waals surface area contributed by atoms with Gasteiger partial charge in [-0.05, 0) is 43.2 Å². The SMILES string of the molecule is CCOc1ccccc1N1CCN(C(=O)CSCC(=O)NCCc2ccc(OC)cc2)CC1. The Kier molecular flexibility index (Phi) is 9.75. The van der Waals surface area contributed by atoms with Crippen LogP contribution in [-0.2, 0) is 16.0 Å². The Morgan fingerprint density at radius 1 is 1.00 bits per heavy atom. The summed E-state index contributed by atoms with van der Waals surface area (Å²) in [4.78, 5) is 28.8. The molecule has 0 spiro atoms. The fraction of sp³-hybridized carbons (Fsp3) is 0.440. The highest BCUT2D eigenvalue weighted by atomic mass is 32.2. The molecule has 3 rings (SSSR count). The van der Waals surface area contributed by atoms with E-state index in [1.165, 1.54) is 11.8 Å². The molecule has 1 N–H and O–H groups in total. The lowest BCUT2D eigenvalue weighted by atomic mass is 10.1. The molecular weight excluding hydrogens is 438 g/mol. The van der Waals surface area contributed by atoms with E-state index in [1.54, 1.807) is 7.11 Å². The van der Waals surface area contributed by atoms with E-state index < -0.39 is 0 Å². The molecule has 1 heterocycles. The number of hydrogen-bond acceptors (Lipinski definition) is 6. The van der Waals surface area contributed by atoms with Crippen molar-refractivity contribution in [3.63, 3.8) is 0 Å². The molecule has 2 aromatic carbocycles. The quantitative estimate of drug-likeness (QED) is 0.544. The molecule has 1 aliphatic heterocycles. The molecule has 33 heavy (non-hydrogen) atoms. The molecule has 178 valence electrons. The van der Waals surface area contributed by atoms with Crippen LogP contribution in [0.1, 0.15) is 12.5 Å². The number of carbonyl (C=O) groups excluding carboxylic acids is 2. The van der Waals surface area contributed by atoms with Crippen LogP contribution in [0.3, 0.4) is 0 Å². The van der Waals surface area contributed by atoms with Gasteiger partial charge < -0.3 is 24.6 Å². The Hall–Kier alpha value is -2.87. The summed E-state index contributed by atoms with van der Waals surface area (Å²) in [5.74, 6) is 2.36. The van der Waals surface area contributed by atoms with Gasteiger partial charge in [0.25, 0.3) is 0 Å². The Morgan fingerprint density at radius 2 is 1.73 bits per heavy atom. The van der Waals surface area contributed by atoms with Crippen molar-refractivity contribution >= 4 is 29.3 Å². The second-order valence-corrected chi connectivity index (χ2v) is 8.69. The Balaban J connectivity index is 1.32. The van der Waals surface area contributed by atoms with Crippen LogP contribution in [0.25, 0.3) is 0 Å². The van der Waals surface area contributed by atoms with E-state index in [0.717, 1.165) is 42.3 Å². The van der Waals surface area contributed by atoms with Crippen LogP contribution in [0.4, 0.5) is 5.69 Å². The lowest BCUT2D eigenvalue weighted by Gasteiger charge is -2.36. The van der Waals surface area contributed by atoms with Crippen LogP contribution < -0.4 is 19.7 Å². The van der Waals surface area contributed by atoms with Gasteiger partial charge in [0.15, 0.2) is 0 Å². The van der Waals surface area contributed by atoms with Crippen molar-refractivity contribution in [2.45, 2.75) is 13.3 Å². The minimum Gasteiger partial charge on any atom is -0.497 e. The van der Waals surface area contributed by atoms with E-state index in [1.807, 2.05) is 54.3 Å². The molecule has 1 saturated heterocycles. The maximum absolute atomic E-state index is 12.6. The highest BCUT2D eigenvalue weighted by molar-refractivity contribution is 8.00. The van der Waals surface area contributed by atoms with Crippen molar-refractivity contribution in [3.05, 3.63) is 54.1 Å². The summed E-state index contributed by atoms with van der Waals surface area (Å²) in [6.07, 6.45) is 0.760. The number of piperazine rings is 1. The predicted octanol–water partition coefficient (Wildman–Crippen LogP) is 2.83. The number of carbonyl (C=O) groups is 2. The summed E-state index contributed by atoms with van der Waals surface area (Å²) in [5.41, 5.74) is 2.22. The zero-order valence-corrected chi connectivity index (χ0v) is 20.2. The van der Waals surface area contributed by atoms with E-state index >= 15 is 0 Å². The Labute approximate surface area is 200 Å². The normalized spacial score (nSPS) is 13.5. The maximum atomic E-state index is 12.6.